The van der Waals surface area contributed by atoms with Gasteiger partial charge in [-0.3, -0.25) is 14.4 Å². The number of esters is 1. The molecule has 0 unspecified atom stereocenters. The molecule has 256 valence electrons. The first kappa shape index (κ1) is 37.9. The normalized spacial score (nSPS) is 13.6. The molecule has 0 saturated heterocycles. The second-order valence-corrected chi connectivity index (χ2v) is 12.6. The summed E-state index contributed by atoms with van der Waals surface area (Å²) in [5, 5.41) is 0. The minimum atomic E-state index is -1.04. The molecule has 0 aliphatic heterocycles. The fourth-order valence-electron chi connectivity index (χ4n) is 4.92. The van der Waals surface area contributed by atoms with E-state index in [1.807, 2.05) is 52.0 Å². The highest BCUT2D eigenvalue weighted by Gasteiger charge is 2.29. The molecule has 0 amide bonds. The van der Waals surface area contributed by atoms with Gasteiger partial charge in [0.15, 0.2) is 18.2 Å². The molecule has 2 aromatic carbocycles. The Balaban J connectivity index is 1.33. The summed E-state index contributed by atoms with van der Waals surface area (Å²) in [5.74, 6) is 0.148. The highest BCUT2D eigenvalue weighted by atomic mass is 16.6. The van der Waals surface area contributed by atoms with E-state index in [9.17, 15) is 19.2 Å². The third kappa shape index (κ3) is 11.9. The number of hydrogen-bond donors (Lipinski definition) is 0. The maximum Gasteiger partial charge on any atom is 0.344 e. The van der Waals surface area contributed by atoms with Crippen LogP contribution in [0.3, 0.4) is 0 Å². The van der Waals surface area contributed by atoms with E-state index in [1.165, 1.54) is 0 Å². The van der Waals surface area contributed by atoms with Crippen LogP contribution in [0.25, 0.3) is 0 Å². The predicted octanol–water partition coefficient (Wildman–Crippen LogP) is 8.17. The van der Waals surface area contributed by atoms with Crippen LogP contribution in [-0.2, 0) is 19.1 Å². The largest absolute Gasteiger partial charge is 0.486 e. The van der Waals surface area contributed by atoms with Gasteiger partial charge in [0.2, 0.25) is 5.78 Å². The maximum atomic E-state index is 12.8. The third-order valence-corrected chi connectivity index (χ3v) is 7.83. The Morgan fingerprint density at radius 3 is 2.00 bits per heavy atom. The Morgan fingerprint density at radius 1 is 0.792 bits per heavy atom. The minimum Gasteiger partial charge on any atom is -0.486 e. The van der Waals surface area contributed by atoms with Crippen molar-refractivity contribution in [1.29, 1.82) is 0 Å². The smallest absolute Gasteiger partial charge is 0.344 e. The van der Waals surface area contributed by atoms with Gasteiger partial charge in [0.05, 0.1) is 0 Å². The number of ketones is 3. The molecule has 8 heteroatoms. The van der Waals surface area contributed by atoms with Gasteiger partial charge in [-0.1, -0.05) is 36.5 Å². The van der Waals surface area contributed by atoms with Crippen molar-refractivity contribution in [3.05, 3.63) is 107 Å². The Kier molecular flexibility index (Phi) is 14.3. The van der Waals surface area contributed by atoms with E-state index in [2.05, 4.69) is 0 Å². The van der Waals surface area contributed by atoms with Crippen LogP contribution < -0.4 is 9.47 Å². The molecule has 0 spiro atoms. The van der Waals surface area contributed by atoms with Gasteiger partial charge in [0.1, 0.15) is 29.3 Å². The van der Waals surface area contributed by atoms with Crippen LogP contribution in [0, 0.1) is 0 Å². The van der Waals surface area contributed by atoms with Gasteiger partial charge >= 0.3 is 5.97 Å². The topological polar surface area (TPSA) is 105 Å². The van der Waals surface area contributed by atoms with Crippen molar-refractivity contribution in [3.8, 4) is 11.5 Å². The molecule has 0 aromatic heterocycles. The number of allylic oxidation sites excluding steroid dienone is 8. The first-order chi connectivity index (χ1) is 22.8. The standard InChI is InChI=1S/C40H48O8/c1-7-14-29(8-2)37(43)31-17-21-33(22-18-31)45-27-35(41)40(5,6)47-26-13-12-25-39(3,4)48-36(42)28-46-34-23-19-32(20-24-34)38(44)30-15-10-9-11-16-30/h7-8,10,14-24H,9,11-13,25-28H2,1-6H3/b14-7-,29-8+. The van der Waals surface area contributed by atoms with Gasteiger partial charge in [-0.2, -0.15) is 0 Å². The number of unbranched alkanes of at least 4 members (excludes halogenated alkanes) is 1. The number of Topliss-reactive ketones (excluding diaryl/α,β-unsaturated/α-hetero) is 3. The number of benzene rings is 2. The summed E-state index contributed by atoms with van der Waals surface area (Å²) in [6.07, 6.45) is 14.9. The molecular weight excluding hydrogens is 608 g/mol. The molecule has 8 nitrogen and oxygen atoms in total. The number of ether oxygens (including phenoxy) is 4. The summed E-state index contributed by atoms with van der Waals surface area (Å²) >= 11 is 0. The second-order valence-electron chi connectivity index (χ2n) is 12.6. The van der Waals surface area contributed by atoms with Crippen molar-refractivity contribution in [2.75, 3.05) is 19.8 Å². The van der Waals surface area contributed by atoms with Crippen LogP contribution in [0.15, 0.2) is 96.1 Å². The SMILES string of the molecule is C/C=C\C(=C/C)C(=O)c1ccc(OCC(=O)C(C)(C)OCCCCC(C)(C)OC(=O)COc2ccc(C(=O)C3=CCCC=C3)cc2)cc1. The van der Waals surface area contributed by atoms with Crippen LogP contribution in [0.2, 0.25) is 0 Å². The molecule has 1 aliphatic carbocycles. The molecular formula is C40H48O8. The fourth-order valence-corrected chi connectivity index (χ4v) is 4.92. The van der Waals surface area contributed by atoms with E-state index in [0.29, 0.717) is 53.2 Å². The summed E-state index contributed by atoms with van der Waals surface area (Å²) < 4.78 is 22.8. The number of hydrogen-bond acceptors (Lipinski definition) is 8. The predicted molar refractivity (Wildman–Crippen MR) is 187 cm³/mol. The monoisotopic (exact) mass is 656 g/mol. The van der Waals surface area contributed by atoms with Gasteiger partial charge in [0, 0.05) is 28.9 Å². The lowest BCUT2D eigenvalue weighted by atomic mass is 9.98. The zero-order valence-electron chi connectivity index (χ0n) is 29.0. The molecule has 3 rings (SSSR count). The zero-order valence-corrected chi connectivity index (χ0v) is 29.0. The van der Waals surface area contributed by atoms with E-state index in [1.54, 1.807) is 74.5 Å². The van der Waals surface area contributed by atoms with E-state index >= 15 is 0 Å². The van der Waals surface area contributed by atoms with Crippen LogP contribution in [0.1, 0.15) is 94.4 Å². The van der Waals surface area contributed by atoms with Crippen molar-refractivity contribution in [3.63, 3.8) is 0 Å². The van der Waals surface area contributed by atoms with E-state index in [-0.39, 0.29) is 30.6 Å². The Labute approximate surface area is 284 Å². The second kappa shape index (κ2) is 18.1. The molecule has 48 heavy (non-hydrogen) atoms. The molecule has 0 saturated carbocycles. The maximum absolute atomic E-state index is 12.8. The van der Waals surface area contributed by atoms with Gasteiger partial charge in [-0.25, -0.2) is 4.79 Å². The molecule has 0 fully saturated rings. The lowest BCUT2D eigenvalue weighted by molar-refractivity contribution is -0.159. The third-order valence-electron chi connectivity index (χ3n) is 7.83. The summed E-state index contributed by atoms with van der Waals surface area (Å²) in [4.78, 5) is 50.5. The van der Waals surface area contributed by atoms with Gasteiger partial charge < -0.3 is 18.9 Å². The van der Waals surface area contributed by atoms with E-state index < -0.39 is 17.2 Å². The molecule has 0 radical (unpaired) electrons. The van der Waals surface area contributed by atoms with Crippen LogP contribution in [0.4, 0.5) is 0 Å². The Hall–Kier alpha value is -4.56. The highest BCUT2D eigenvalue weighted by Crippen LogP contribution is 2.22. The molecule has 1 aliphatic rings. The summed E-state index contributed by atoms with van der Waals surface area (Å²) in [6.45, 7) is 10.7. The average molecular weight is 657 g/mol. The van der Waals surface area contributed by atoms with Crippen molar-refractivity contribution >= 4 is 23.3 Å². The van der Waals surface area contributed by atoms with E-state index in [4.69, 9.17) is 18.9 Å². The molecule has 0 N–H and O–H groups in total. The molecule has 0 bridgehead atoms. The number of carbonyl (C=O) groups is 4. The van der Waals surface area contributed by atoms with Crippen molar-refractivity contribution in [2.24, 2.45) is 0 Å². The highest BCUT2D eigenvalue weighted by molar-refractivity contribution is 6.11. The van der Waals surface area contributed by atoms with Crippen molar-refractivity contribution in [2.45, 2.75) is 84.8 Å². The fraction of sp³-hybridized carbons (Fsp3) is 0.400. The van der Waals surface area contributed by atoms with Crippen molar-refractivity contribution < 1.29 is 38.1 Å². The first-order valence-corrected chi connectivity index (χ1v) is 16.4. The first-order valence-electron chi connectivity index (χ1n) is 16.4. The van der Waals surface area contributed by atoms with Gasteiger partial charge in [0.25, 0.3) is 0 Å². The quantitative estimate of drug-likeness (QED) is 0.0490. The van der Waals surface area contributed by atoms with Gasteiger partial charge in [-0.15, -0.1) is 0 Å². The lowest BCUT2D eigenvalue weighted by Crippen LogP contribution is -2.39. The van der Waals surface area contributed by atoms with Crippen LogP contribution in [-0.4, -0.2) is 54.3 Å². The summed E-state index contributed by atoms with van der Waals surface area (Å²) in [7, 11) is 0. The number of rotatable bonds is 19. The van der Waals surface area contributed by atoms with E-state index in [0.717, 1.165) is 19.3 Å². The molecule has 0 atom stereocenters. The average Bonchev–Trinajstić information content (AvgIpc) is 3.08. The Morgan fingerprint density at radius 2 is 1.42 bits per heavy atom. The summed E-state index contributed by atoms with van der Waals surface area (Å²) in [5.41, 5.74) is 0.643. The van der Waals surface area contributed by atoms with Crippen molar-refractivity contribution in [1.82, 2.24) is 0 Å². The number of carbonyl (C=O) groups excluding carboxylic acids is 4. The summed E-state index contributed by atoms with van der Waals surface area (Å²) in [6, 6.07) is 13.4. The Bertz CT molecular complexity index is 1540. The lowest BCUT2D eigenvalue weighted by Gasteiger charge is -2.26. The zero-order chi connectivity index (χ0) is 35.2. The minimum absolute atomic E-state index is 0.0368. The molecule has 0 heterocycles. The van der Waals surface area contributed by atoms with Crippen LogP contribution in [0.5, 0.6) is 11.5 Å². The van der Waals surface area contributed by atoms with Gasteiger partial charge in [-0.05, 0) is 122 Å². The molecule has 2 aromatic rings. The van der Waals surface area contributed by atoms with Crippen LogP contribution >= 0.6 is 0 Å².